The molecular formula is C18H17F4NOS. The van der Waals surface area contributed by atoms with E-state index in [0.29, 0.717) is 11.5 Å². The lowest BCUT2D eigenvalue weighted by Crippen LogP contribution is -2.53. The number of hydrogen-bond donors (Lipinski definition) is 1. The molecule has 0 saturated carbocycles. The molecule has 1 aliphatic heterocycles. The summed E-state index contributed by atoms with van der Waals surface area (Å²) in [6.07, 6.45) is -4.65. The molecule has 0 spiro atoms. The van der Waals surface area contributed by atoms with Crippen LogP contribution in [0.1, 0.15) is 11.1 Å². The van der Waals surface area contributed by atoms with Crippen LogP contribution in [0.4, 0.5) is 17.6 Å². The summed E-state index contributed by atoms with van der Waals surface area (Å²) in [7, 11) is 0. The van der Waals surface area contributed by atoms with Gasteiger partial charge in [-0.1, -0.05) is 42.5 Å². The number of rotatable bonds is 5. The molecule has 0 bridgehead atoms. The van der Waals surface area contributed by atoms with E-state index in [1.54, 1.807) is 11.8 Å². The van der Waals surface area contributed by atoms with Gasteiger partial charge in [0.1, 0.15) is 5.82 Å². The summed E-state index contributed by atoms with van der Waals surface area (Å²) in [5.41, 5.74) is -1.61. The Labute approximate surface area is 147 Å². The van der Waals surface area contributed by atoms with Gasteiger partial charge in [-0.2, -0.15) is 24.9 Å². The molecule has 7 heteroatoms. The highest BCUT2D eigenvalue weighted by Crippen LogP contribution is 2.43. The van der Waals surface area contributed by atoms with Crippen molar-refractivity contribution in [2.24, 2.45) is 0 Å². The van der Waals surface area contributed by atoms with Crippen LogP contribution in [0.3, 0.4) is 0 Å². The quantitative estimate of drug-likeness (QED) is 0.784. The fraction of sp³-hybridized carbons (Fsp3) is 0.333. The second kappa shape index (κ2) is 7.35. The Balaban J connectivity index is 1.67. The van der Waals surface area contributed by atoms with Gasteiger partial charge in [-0.15, -0.1) is 0 Å². The predicted octanol–water partition coefficient (Wildman–Crippen LogP) is 4.46. The van der Waals surface area contributed by atoms with E-state index in [2.05, 4.69) is 5.32 Å². The molecule has 0 amide bonds. The van der Waals surface area contributed by atoms with Crippen molar-refractivity contribution in [2.45, 2.75) is 23.7 Å². The third-order valence-electron chi connectivity index (χ3n) is 3.99. The van der Waals surface area contributed by atoms with Crippen LogP contribution in [0.15, 0.2) is 54.6 Å². The average molecular weight is 371 g/mol. The summed E-state index contributed by atoms with van der Waals surface area (Å²) >= 11 is 1.54. The number of ether oxygens (including phenoxy) is 1. The molecule has 2 atom stereocenters. The number of alkyl halides is 3. The summed E-state index contributed by atoms with van der Waals surface area (Å²) < 4.78 is 59.3. The highest BCUT2D eigenvalue weighted by Gasteiger charge is 2.61. The van der Waals surface area contributed by atoms with Crippen LogP contribution in [0.5, 0.6) is 0 Å². The maximum Gasteiger partial charge on any atom is 0.435 e. The van der Waals surface area contributed by atoms with Crippen molar-refractivity contribution in [3.8, 4) is 0 Å². The van der Waals surface area contributed by atoms with Crippen molar-refractivity contribution < 1.29 is 22.3 Å². The van der Waals surface area contributed by atoms with Crippen molar-refractivity contribution >= 4 is 11.8 Å². The van der Waals surface area contributed by atoms with Gasteiger partial charge in [0, 0.05) is 23.1 Å². The molecule has 25 heavy (non-hydrogen) atoms. The van der Waals surface area contributed by atoms with Crippen LogP contribution in [-0.4, -0.2) is 24.6 Å². The van der Waals surface area contributed by atoms with Crippen LogP contribution >= 0.6 is 11.8 Å². The van der Waals surface area contributed by atoms with Gasteiger partial charge in [0.15, 0.2) is 0 Å². The van der Waals surface area contributed by atoms with E-state index >= 15 is 0 Å². The summed E-state index contributed by atoms with van der Waals surface area (Å²) in [6, 6.07) is 13.5. The molecule has 0 aliphatic carbocycles. The van der Waals surface area contributed by atoms with Crippen molar-refractivity contribution in [2.75, 3.05) is 12.4 Å². The minimum Gasteiger partial charge on any atom is -0.347 e. The largest absolute Gasteiger partial charge is 0.435 e. The minimum atomic E-state index is -4.65. The zero-order chi connectivity index (χ0) is 17.9. The third kappa shape index (κ3) is 3.99. The third-order valence-corrected chi connectivity index (χ3v) is 5.16. The molecular weight excluding hydrogens is 354 g/mol. The first-order chi connectivity index (χ1) is 11.9. The fourth-order valence-corrected chi connectivity index (χ4v) is 3.77. The zero-order valence-electron chi connectivity index (χ0n) is 13.2. The van der Waals surface area contributed by atoms with Gasteiger partial charge in [-0.05, 0) is 17.7 Å². The van der Waals surface area contributed by atoms with Gasteiger partial charge in [-0.25, -0.2) is 4.39 Å². The van der Waals surface area contributed by atoms with Crippen molar-refractivity contribution in [3.63, 3.8) is 0 Å². The summed E-state index contributed by atoms with van der Waals surface area (Å²) in [5.74, 6) is 0.608. The molecule has 1 fully saturated rings. The van der Waals surface area contributed by atoms with Gasteiger partial charge in [0.05, 0.1) is 6.61 Å². The second-order valence-electron chi connectivity index (χ2n) is 5.84. The Bertz CT molecular complexity index is 692. The van der Waals surface area contributed by atoms with Gasteiger partial charge in [0.2, 0.25) is 5.72 Å². The van der Waals surface area contributed by atoms with Crippen LogP contribution in [-0.2, 0) is 16.2 Å². The fourth-order valence-electron chi connectivity index (χ4n) is 2.76. The maximum atomic E-state index is 13.7. The normalized spacial score (nSPS) is 23.8. The van der Waals surface area contributed by atoms with E-state index in [9.17, 15) is 17.6 Å². The molecule has 1 aliphatic rings. The first-order valence-electron chi connectivity index (χ1n) is 7.77. The monoisotopic (exact) mass is 371 g/mol. The Morgan fingerprint density at radius 1 is 1.08 bits per heavy atom. The zero-order valence-corrected chi connectivity index (χ0v) is 14.0. The molecule has 1 heterocycles. The Morgan fingerprint density at radius 3 is 2.40 bits per heavy atom. The summed E-state index contributed by atoms with van der Waals surface area (Å²) in [5, 5.41) is 2.58. The molecule has 134 valence electrons. The lowest BCUT2D eigenvalue weighted by atomic mass is 10.0. The Hall–Kier alpha value is -1.57. The molecule has 1 saturated heterocycles. The van der Waals surface area contributed by atoms with Crippen LogP contribution in [0, 0.1) is 5.82 Å². The molecule has 2 aromatic rings. The van der Waals surface area contributed by atoms with Gasteiger partial charge >= 0.3 is 6.18 Å². The average Bonchev–Trinajstić information content (AvgIpc) is 3.02. The Kier molecular flexibility index (Phi) is 5.36. The first kappa shape index (κ1) is 18.2. The van der Waals surface area contributed by atoms with E-state index in [0.717, 1.165) is 29.8 Å². The number of hydrogen-bond acceptors (Lipinski definition) is 3. The lowest BCUT2D eigenvalue weighted by molar-refractivity contribution is -0.277. The standard InChI is InChI=1S/C18H17F4NOS/c19-15-8-6-14(7-9-15)17(18(20,21)22)23-16(10-24-17)12-25-11-13-4-2-1-3-5-13/h1-9,16,23H,10-12H2/t16-,17-/m1/s1. The van der Waals surface area contributed by atoms with Crippen molar-refractivity contribution in [1.29, 1.82) is 0 Å². The number of thioether (sulfide) groups is 1. The molecule has 3 rings (SSSR count). The maximum absolute atomic E-state index is 13.7. The van der Waals surface area contributed by atoms with Crippen LogP contribution < -0.4 is 5.32 Å². The van der Waals surface area contributed by atoms with Crippen LogP contribution in [0.2, 0.25) is 0 Å². The first-order valence-corrected chi connectivity index (χ1v) is 8.92. The van der Waals surface area contributed by atoms with E-state index < -0.39 is 23.8 Å². The smallest absolute Gasteiger partial charge is 0.347 e. The minimum absolute atomic E-state index is 0.0569. The molecule has 0 unspecified atom stereocenters. The second-order valence-corrected chi connectivity index (χ2v) is 6.87. The highest BCUT2D eigenvalue weighted by molar-refractivity contribution is 7.98. The van der Waals surface area contributed by atoms with E-state index in [4.69, 9.17) is 4.74 Å². The molecule has 1 N–H and O–H groups in total. The molecule has 0 aromatic heterocycles. The highest BCUT2D eigenvalue weighted by atomic mass is 32.2. The molecule has 2 nitrogen and oxygen atoms in total. The van der Waals surface area contributed by atoms with Gasteiger partial charge in [-0.3, -0.25) is 5.32 Å². The van der Waals surface area contributed by atoms with Crippen molar-refractivity contribution in [1.82, 2.24) is 5.32 Å². The summed E-state index contributed by atoms with van der Waals surface area (Å²) in [6.45, 7) is -0.0569. The van der Waals surface area contributed by atoms with Gasteiger partial charge < -0.3 is 4.74 Å². The Morgan fingerprint density at radius 2 is 1.76 bits per heavy atom. The van der Waals surface area contributed by atoms with Gasteiger partial charge in [0.25, 0.3) is 0 Å². The van der Waals surface area contributed by atoms with E-state index in [-0.39, 0.29) is 12.2 Å². The lowest BCUT2D eigenvalue weighted by Gasteiger charge is -2.31. The number of halogens is 4. The predicted molar refractivity (Wildman–Crippen MR) is 89.6 cm³/mol. The summed E-state index contributed by atoms with van der Waals surface area (Å²) in [4.78, 5) is 0. The number of nitrogens with one attached hydrogen (secondary N) is 1. The van der Waals surface area contributed by atoms with Crippen molar-refractivity contribution in [3.05, 3.63) is 71.5 Å². The van der Waals surface area contributed by atoms with E-state index in [1.165, 1.54) is 0 Å². The van der Waals surface area contributed by atoms with E-state index in [1.807, 2.05) is 30.3 Å². The number of benzene rings is 2. The topological polar surface area (TPSA) is 21.3 Å². The van der Waals surface area contributed by atoms with Crippen LogP contribution in [0.25, 0.3) is 0 Å². The SMILES string of the molecule is Fc1ccc([C@@]2(C(F)(F)F)N[C@@H](CSCc3ccccc3)CO2)cc1. The molecule has 0 radical (unpaired) electrons. The molecule has 2 aromatic carbocycles.